The molecule has 0 aliphatic heterocycles. The van der Waals surface area contributed by atoms with Crippen LogP contribution in [0.2, 0.25) is 0 Å². The fraction of sp³-hybridized carbons (Fsp3) is 0.556. The summed E-state index contributed by atoms with van der Waals surface area (Å²) in [7, 11) is 0. The first-order chi connectivity index (χ1) is 4.04. The maximum atomic E-state index is 2.26. The Morgan fingerprint density at radius 2 is 1.78 bits per heavy atom. The van der Waals surface area contributed by atoms with Crippen LogP contribution < -0.4 is 0 Å². The number of hydrogen-bond acceptors (Lipinski definition) is 0. The molecule has 0 nitrogen and oxygen atoms in total. The SMILES string of the molecule is CC1=C(C)C(C)(C)C=C1. The molecule has 0 unspecified atom stereocenters. The molecule has 0 bridgehead atoms. The van der Waals surface area contributed by atoms with Crippen LogP contribution in [0.25, 0.3) is 0 Å². The molecule has 0 heterocycles. The normalized spacial score (nSPS) is 23.6. The second kappa shape index (κ2) is 1.73. The molecule has 1 aliphatic carbocycles. The molecule has 1 aliphatic rings. The van der Waals surface area contributed by atoms with Gasteiger partial charge >= 0.3 is 0 Å². The van der Waals surface area contributed by atoms with Gasteiger partial charge in [0.05, 0.1) is 0 Å². The zero-order valence-electron chi connectivity index (χ0n) is 6.65. The van der Waals surface area contributed by atoms with E-state index in [0.717, 1.165) is 0 Å². The highest BCUT2D eigenvalue weighted by Crippen LogP contribution is 2.35. The summed E-state index contributed by atoms with van der Waals surface area (Å²) >= 11 is 0. The lowest BCUT2D eigenvalue weighted by Crippen LogP contribution is -2.05. The molecule has 9 heavy (non-hydrogen) atoms. The van der Waals surface area contributed by atoms with Crippen molar-refractivity contribution in [2.24, 2.45) is 5.41 Å². The molecule has 0 N–H and O–H groups in total. The molecule has 0 saturated carbocycles. The lowest BCUT2D eigenvalue weighted by molar-refractivity contribution is 0.588. The molecule has 0 spiro atoms. The van der Waals surface area contributed by atoms with Crippen molar-refractivity contribution in [3.8, 4) is 0 Å². The highest BCUT2D eigenvalue weighted by atomic mass is 14.3. The van der Waals surface area contributed by atoms with Gasteiger partial charge in [-0.1, -0.05) is 37.1 Å². The van der Waals surface area contributed by atoms with E-state index in [-0.39, 0.29) is 0 Å². The summed E-state index contributed by atoms with van der Waals surface area (Å²) in [5.74, 6) is 0. The van der Waals surface area contributed by atoms with Crippen molar-refractivity contribution >= 4 is 0 Å². The van der Waals surface area contributed by atoms with E-state index in [0.29, 0.717) is 5.41 Å². The van der Waals surface area contributed by atoms with Crippen LogP contribution in [-0.4, -0.2) is 0 Å². The Balaban J connectivity index is 3.01. The summed E-state index contributed by atoms with van der Waals surface area (Å²) in [6.45, 7) is 8.86. The molecule has 0 atom stereocenters. The van der Waals surface area contributed by atoms with Gasteiger partial charge in [0, 0.05) is 5.41 Å². The van der Waals surface area contributed by atoms with Crippen molar-refractivity contribution in [3.05, 3.63) is 23.3 Å². The van der Waals surface area contributed by atoms with Crippen molar-refractivity contribution in [2.75, 3.05) is 0 Å². The molecule has 50 valence electrons. The van der Waals surface area contributed by atoms with E-state index in [1.807, 2.05) is 0 Å². The Morgan fingerprint density at radius 3 is 1.89 bits per heavy atom. The maximum absolute atomic E-state index is 2.26. The Labute approximate surface area is 57.3 Å². The van der Waals surface area contributed by atoms with Gasteiger partial charge in [-0.25, -0.2) is 0 Å². The first kappa shape index (κ1) is 6.60. The Morgan fingerprint density at radius 1 is 1.22 bits per heavy atom. The van der Waals surface area contributed by atoms with Crippen LogP contribution in [0.3, 0.4) is 0 Å². The van der Waals surface area contributed by atoms with Crippen molar-refractivity contribution in [1.82, 2.24) is 0 Å². The monoisotopic (exact) mass is 122 g/mol. The van der Waals surface area contributed by atoms with Crippen molar-refractivity contribution in [1.29, 1.82) is 0 Å². The van der Waals surface area contributed by atoms with Gasteiger partial charge in [-0.15, -0.1) is 0 Å². The summed E-state index contributed by atoms with van der Waals surface area (Å²) in [5.41, 5.74) is 3.26. The third-order valence-electron chi connectivity index (χ3n) is 2.31. The minimum atomic E-state index is 0.323. The average Bonchev–Trinajstić information content (AvgIpc) is 1.97. The lowest BCUT2D eigenvalue weighted by Gasteiger charge is -2.17. The maximum Gasteiger partial charge on any atom is 0.00404 e. The van der Waals surface area contributed by atoms with Gasteiger partial charge < -0.3 is 0 Å². The minimum absolute atomic E-state index is 0.323. The third kappa shape index (κ3) is 0.937. The van der Waals surface area contributed by atoms with Crippen molar-refractivity contribution in [3.63, 3.8) is 0 Å². The standard InChI is InChI=1S/C9H14/c1-7-5-6-9(3,4)8(7)2/h5-6H,1-4H3. The molecule has 0 heteroatoms. The molecule has 0 aromatic rings. The second-order valence-corrected chi connectivity index (χ2v) is 3.36. The van der Waals surface area contributed by atoms with Gasteiger partial charge in [0.25, 0.3) is 0 Å². The molecule has 0 aromatic carbocycles. The van der Waals surface area contributed by atoms with E-state index in [4.69, 9.17) is 0 Å². The summed E-state index contributed by atoms with van der Waals surface area (Å²) in [5, 5.41) is 0. The van der Waals surface area contributed by atoms with E-state index < -0.39 is 0 Å². The van der Waals surface area contributed by atoms with Crippen LogP contribution in [0.4, 0.5) is 0 Å². The quantitative estimate of drug-likeness (QED) is 0.463. The first-order valence-electron chi connectivity index (χ1n) is 3.41. The van der Waals surface area contributed by atoms with Crippen LogP contribution >= 0.6 is 0 Å². The summed E-state index contributed by atoms with van der Waals surface area (Å²) in [4.78, 5) is 0. The predicted octanol–water partition coefficient (Wildman–Crippen LogP) is 2.92. The average molecular weight is 122 g/mol. The second-order valence-electron chi connectivity index (χ2n) is 3.36. The summed E-state index contributed by atoms with van der Waals surface area (Å²) in [6.07, 6.45) is 4.47. The number of allylic oxidation sites excluding steroid dienone is 4. The van der Waals surface area contributed by atoms with Crippen LogP contribution in [-0.2, 0) is 0 Å². The fourth-order valence-corrected chi connectivity index (χ4v) is 1.09. The van der Waals surface area contributed by atoms with Crippen LogP contribution in [0, 0.1) is 5.41 Å². The zero-order chi connectivity index (χ0) is 7.07. The van der Waals surface area contributed by atoms with E-state index in [2.05, 4.69) is 39.8 Å². The number of hydrogen-bond donors (Lipinski definition) is 0. The van der Waals surface area contributed by atoms with Crippen molar-refractivity contribution in [2.45, 2.75) is 27.7 Å². The molecule has 0 radical (unpaired) electrons. The Hall–Kier alpha value is -0.520. The number of rotatable bonds is 0. The van der Waals surface area contributed by atoms with E-state index in [1.54, 1.807) is 0 Å². The smallest absolute Gasteiger partial charge is 0.00404 e. The van der Waals surface area contributed by atoms with Gasteiger partial charge in [-0.3, -0.25) is 0 Å². The van der Waals surface area contributed by atoms with Gasteiger partial charge in [0.2, 0.25) is 0 Å². The Bertz CT molecular complexity index is 180. The van der Waals surface area contributed by atoms with E-state index in [9.17, 15) is 0 Å². The predicted molar refractivity (Wildman–Crippen MR) is 41.3 cm³/mol. The van der Waals surface area contributed by atoms with Gasteiger partial charge in [-0.2, -0.15) is 0 Å². The van der Waals surface area contributed by atoms with Crippen LogP contribution in [0.5, 0.6) is 0 Å². The lowest BCUT2D eigenvalue weighted by atomic mass is 9.88. The Kier molecular flexibility index (Phi) is 1.27. The van der Waals surface area contributed by atoms with Gasteiger partial charge in [-0.05, 0) is 13.8 Å². The van der Waals surface area contributed by atoms with Gasteiger partial charge in [0.15, 0.2) is 0 Å². The molecular formula is C9H14. The van der Waals surface area contributed by atoms with Crippen molar-refractivity contribution < 1.29 is 0 Å². The minimum Gasteiger partial charge on any atom is -0.0746 e. The third-order valence-corrected chi connectivity index (χ3v) is 2.31. The molecule has 0 aromatic heterocycles. The summed E-state index contributed by atoms with van der Waals surface area (Å²) in [6, 6.07) is 0. The van der Waals surface area contributed by atoms with Crippen LogP contribution in [0.1, 0.15) is 27.7 Å². The molecule has 0 amide bonds. The topological polar surface area (TPSA) is 0 Å². The molecular weight excluding hydrogens is 108 g/mol. The van der Waals surface area contributed by atoms with Crippen LogP contribution in [0.15, 0.2) is 23.3 Å². The van der Waals surface area contributed by atoms with E-state index >= 15 is 0 Å². The molecule has 0 saturated heterocycles. The zero-order valence-corrected chi connectivity index (χ0v) is 6.65. The van der Waals surface area contributed by atoms with Gasteiger partial charge in [0.1, 0.15) is 0 Å². The highest BCUT2D eigenvalue weighted by Gasteiger charge is 2.21. The largest absolute Gasteiger partial charge is 0.0746 e. The first-order valence-corrected chi connectivity index (χ1v) is 3.41. The highest BCUT2D eigenvalue weighted by molar-refractivity contribution is 5.37. The summed E-state index contributed by atoms with van der Waals surface area (Å²) < 4.78 is 0. The van der Waals surface area contributed by atoms with E-state index in [1.165, 1.54) is 11.1 Å². The fourth-order valence-electron chi connectivity index (χ4n) is 1.09. The molecule has 0 fully saturated rings. The molecule has 1 rings (SSSR count).